The molecule has 0 fully saturated rings. The first-order chi connectivity index (χ1) is 16.8. The molecule has 12 heteroatoms. The maximum absolute atomic E-state index is 13.8. The van der Waals surface area contributed by atoms with E-state index in [1.165, 1.54) is 0 Å². The lowest BCUT2D eigenvalue weighted by Gasteiger charge is -2.39. The van der Waals surface area contributed by atoms with E-state index in [0.29, 0.717) is 24.4 Å². The van der Waals surface area contributed by atoms with Crippen LogP contribution in [0.25, 0.3) is 0 Å². The summed E-state index contributed by atoms with van der Waals surface area (Å²) in [7, 11) is 0. The lowest BCUT2D eigenvalue weighted by molar-refractivity contribution is -0.145. The predicted octanol–water partition coefficient (Wildman–Crippen LogP) is 1.52. The quantitative estimate of drug-likeness (QED) is 0.331. The average molecular weight is 520 g/mol. The molecule has 2 aromatic rings. The van der Waals surface area contributed by atoms with Crippen molar-refractivity contribution in [1.82, 2.24) is 36.2 Å². The number of aromatic nitrogens is 4. The number of nitrogens with one attached hydrogen (secondary N) is 3. The number of carbonyl (C=O) groups excluding carboxylic acids is 3. The molecule has 0 spiro atoms. The Morgan fingerprint density at radius 3 is 2.60 bits per heavy atom. The van der Waals surface area contributed by atoms with Gasteiger partial charge in [-0.15, -0.1) is 10.2 Å². The van der Waals surface area contributed by atoms with Gasteiger partial charge in [0.1, 0.15) is 12.1 Å². The Labute approximate surface area is 215 Å². The van der Waals surface area contributed by atoms with Crippen molar-refractivity contribution in [3.63, 3.8) is 0 Å². The molecule has 0 saturated heterocycles. The van der Waals surface area contributed by atoms with Gasteiger partial charge >= 0.3 is 0 Å². The van der Waals surface area contributed by atoms with Gasteiger partial charge in [-0.1, -0.05) is 43.3 Å². The minimum absolute atomic E-state index is 0.152. The Morgan fingerprint density at radius 1 is 1.23 bits per heavy atom. The van der Waals surface area contributed by atoms with Crippen LogP contribution in [0.5, 0.6) is 0 Å². The summed E-state index contributed by atoms with van der Waals surface area (Å²) in [6.45, 7) is 4.05. The van der Waals surface area contributed by atoms with E-state index in [9.17, 15) is 14.4 Å². The zero-order valence-corrected chi connectivity index (χ0v) is 21.9. The van der Waals surface area contributed by atoms with Gasteiger partial charge in [-0.05, 0) is 41.2 Å². The van der Waals surface area contributed by atoms with Gasteiger partial charge in [-0.2, -0.15) is 29.6 Å². The molecular formula is C23H33N7O3S2. The summed E-state index contributed by atoms with van der Waals surface area (Å²) in [5.41, 5.74) is 2.02. The first-order valence-electron chi connectivity index (χ1n) is 11.7. The molecule has 1 aliphatic heterocycles. The van der Waals surface area contributed by atoms with E-state index in [1.54, 1.807) is 16.7 Å². The third-order valence-electron chi connectivity index (χ3n) is 6.02. The highest BCUT2D eigenvalue weighted by Crippen LogP contribution is 2.26. The molecule has 0 aliphatic carbocycles. The van der Waals surface area contributed by atoms with E-state index in [4.69, 9.17) is 0 Å². The van der Waals surface area contributed by atoms with E-state index in [-0.39, 0.29) is 36.6 Å². The molecule has 0 saturated carbocycles. The number of amides is 3. The van der Waals surface area contributed by atoms with Gasteiger partial charge in [0.25, 0.3) is 0 Å². The number of aromatic amines is 1. The molecule has 3 rings (SSSR count). The van der Waals surface area contributed by atoms with E-state index >= 15 is 0 Å². The van der Waals surface area contributed by atoms with Crippen molar-refractivity contribution in [2.75, 3.05) is 17.8 Å². The van der Waals surface area contributed by atoms with Crippen LogP contribution in [-0.2, 0) is 27.3 Å². The van der Waals surface area contributed by atoms with Crippen LogP contribution in [0.1, 0.15) is 49.7 Å². The molecule has 190 valence electrons. The van der Waals surface area contributed by atoms with Crippen LogP contribution in [0, 0.1) is 5.92 Å². The van der Waals surface area contributed by atoms with Crippen LogP contribution in [0.3, 0.4) is 0 Å². The molecule has 3 N–H and O–H groups in total. The normalized spacial score (nSPS) is 16.9. The van der Waals surface area contributed by atoms with Crippen molar-refractivity contribution >= 4 is 42.1 Å². The number of tetrazole rings is 1. The monoisotopic (exact) mass is 519 g/mol. The number of thioether (sulfide) groups is 1. The van der Waals surface area contributed by atoms with Gasteiger partial charge in [0.05, 0.1) is 6.04 Å². The molecule has 0 radical (unpaired) electrons. The summed E-state index contributed by atoms with van der Waals surface area (Å²) < 4.78 is 0. The number of fused-ring (bicyclic) bond motifs is 1. The topological polar surface area (TPSA) is 133 Å². The van der Waals surface area contributed by atoms with E-state index in [1.807, 2.05) is 44.4 Å². The van der Waals surface area contributed by atoms with Crippen molar-refractivity contribution in [3.8, 4) is 0 Å². The lowest BCUT2D eigenvalue weighted by atomic mass is 9.91. The lowest BCUT2D eigenvalue weighted by Crippen LogP contribution is -2.59. The van der Waals surface area contributed by atoms with Crippen LogP contribution < -0.4 is 10.6 Å². The minimum Gasteiger partial charge on any atom is -0.344 e. The highest BCUT2D eigenvalue weighted by molar-refractivity contribution is 7.98. The number of thiol groups is 1. The smallest absolute Gasteiger partial charge is 0.246 e. The van der Waals surface area contributed by atoms with E-state index in [2.05, 4.69) is 43.9 Å². The fourth-order valence-electron chi connectivity index (χ4n) is 4.11. The average Bonchev–Trinajstić information content (AvgIpc) is 3.38. The number of hydrogen-bond donors (Lipinski definition) is 4. The van der Waals surface area contributed by atoms with Gasteiger partial charge in [0.15, 0.2) is 5.82 Å². The van der Waals surface area contributed by atoms with Gasteiger partial charge < -0.3 is 15.5 Å². The molecule has 0 unspecified atom stereocenters. The van der Waals surface area contributed by atoms with Gasteiger partial charge in [-0.3, -0.25) is 14.4 Å². The Bertz CT molecular complexity index is 1000. The molecule has 10 nitrogen and oxygen atoms in total. The number of benzene rings is 1. The van der Waals surface area contributed by atoms with Crippen LogP contribution >= 0.6 is 24.4 Å². The number of rotatable bonds is 11. The summed E-state index contributed by atoms with van der Waals surface area (Å²) in [5.74, 6) is 0.638. The highest BCUT2D eigenvalue weighted by atomic mass is 32.2. The molecule has 35 heavy (non-hydrogen) atoms. The zero-order valence-electron chi connectivity index (χ0n) is 20.2. The van der Waals surface area contributed by atoms with Crippen molar-refractivity contribution in [3.05, 3.63) is 41.2 Å². The van der Waals surface area contributed by atoms with Gasteiger partial charge in [0, 0.05) is 19.4 Å². The summed E-state index contributed by atoms with van der Waals surface area (Å²) in [6, 6.07) is 5.89. The first kappa shape index (κ1) is 27.0. The van der Waals surface area contributed by atoms with Crippen molar-refractivity contribution in [2.24, 2.45) is 5.92 Å². The molecule has 2 heterocycles. The molecular weight excluding hydrogens is 486 g/mol. The molecule has 1 aliphatic rings. The number of carbonyl (C=O) groups is 3. The standard InChI is InChI=1S/C23H33N7O3S2/c1-14(2)20(25-19(31)8-10-34)23(33)30-13-16-7-5-4-6-15(16)12-18(30)22(32)24-17(9-11-35-3)21-26-28-29-27-21/h4-7,14,17-18,20,34H,8-13H2,1-3H3,(H,24,32)(H,25,31)(H,26,27,28,29)/t17-,18-,20+/m1/s1. The second kappa shape index (κ2) is 12.9. The molecule has 3 atom stereocenters. The SMILES string of the molecule is CSCC[C@@H](NC(=O)[C@H]1Cc2ccccc2CN1C(=O)[C@@H](NC(=O)CCS)C(C)C)c1nn[nH]n1. The summed E-state index contributed by atoms with van der Waals surface area (Å²) in [6.07, 6.45) is 3.21. The predicted molar refractivity (Wildman–Crippen MR) is 138 cm³/mol. The summed E-state index contributed by atoms with van der Waals surface area (Å²) >= 11 is 5.77. The second-order valence-corrected chi connectivity index (χ2v) is 10.3. The fourth-order valence-corrected chi connectivity index (χ4v) is 4.79. The Morgan fingerprint density at radius 2 is 1.97 bits per heavy atom. The second-order valence-electron chi connectivity index (χ2n) is 8.83. The minimum atomic E-state index is -0.743. The van der Waals surface area contributed by atoms with Crippen LogP contribution in [0.4, 0.5) is 0 Å². The number of nitrogens with zero attached hydrogens (tertiary/aromatic N) is 4. The van der Waals surface area contributed by atoms with Crippen LogP contribution in [0.15, 0.2) is 24.3 Å². The molecule has 1 aromatic carbocycles. The number of H-pyrrole nitrogens is 1. The van der Waals surface area contributed by atoms with Crippen molar-refractivity contribution in [2.45, 2.75) is 57.8 Å². The van der Waals surface area contributed by atoms with Crippen molar-refractivity contribution < 1.29 is 14.4 Å². The first-order valence-corrected chi connectivity index (χ1v) is 13.7. The maximum Gasteiger partial charge on any atom is 0.246 e. The third kappa shape index (κ3) is 6.97. The Hall–Kier alpha value is -2.60. The van der Waals surface area contributed by atoms with Crippen molar-refractivity contribution in [1.29, 1.82) is 0 Å². The third-order valence-corrected chi connectivity index (χ3v) is 6.89. The Balaban J connectivity index is 1.88. The molecule has 0 bridgehead atoms. The highest BCUT2D eigenvalue weighted by Gasteiger charge is 2.39. The largest absolute Gasteiger partial charge is 0.344 e. The summed E-state index contributed by atoms with van der Waals surface area (Å²) in [4.78, 5) is 41.3. The Kier molecular flexibility index (Phi) is 9.96. The number of hydrogen-bond acceptors (Lipinski definition) is 8. The van der Waals surface area contributed by atoms with Gasteiger partial charge in [-0.25, -0.2) is 0 Å². The van der Waals surface area contributed by atoms with E-state index in [0.717, 1.165) is 16.9 Å². The van der Waals surface area contributed by atoms with Crippen LogP contribution in [-0.4, -0.2) is 73.1 Å². The van der Waals surface area contributed by atoms with Crippen LogP contribution in [0.2, 0.25) is 0 Å². The van der Waals surface area contributed by atoms with E-state index < -0.39 is 18.1 Å². The maximum atomic E-state index is 13.8. The molecule has 3 amide bonds. The van der Waals surface area contributed by atoms with Gasteiger partial charge in [0.2, 0.25) is 17.7 Å². The zero-order chi connectivity index (χ0) is 25.4. The summed E-state index contributed by atoms with van der Waals surface area (Å²) in [5, 5.41) is 20.1. The molecule has 1 aromatic heterocycles. The fraction of sp³-hybridized carbons (Fsp3) is 0.565.